The highest BCUT2D eigenvalue weighted by Gasteiger charge is 2.58. The zero-order valence-corrected chi connectivity index (χ0v) is 33.3. The fraction of sp³-hybridized carbons (Fsp3) is 0.829. The number of unbranched alkanes of at least 4 members (excludes halogenated alkanes) is 4. The quantitative estimate of drug-likeness (QED) is 0.0858. The monoisotopic (exact) mass is 766 g/mol. The highest BCUT2D eigenvalue weighted by molar-refractivity contribution is 5.83. The average molecular weight is 767 g/mol. The molecule has 0 aromatic rings. The van der Waals surface area contributed by atoms with Crippen molar-refractivity contribution in [2.75, 3.05) is 20.8 Å². The molecule has 0 aliphatic carbocycles. The Hall–Kier alpha value is -2.39. The van der Waals surface area contributed by atoms with Crippen LogP contribution in [0.2, 0.25) is 0 Å². The molecule has 3 saturated heterocycles. The van der Waals surface area contributed by atoms with Gasteiger partial charge in [0.2, 0.25) is 5.79 Å². The van der Waals surface area contributed by atoms with Gasteiger partial charge in [0.05, 0.1) is 56.8 Å². The number of cyclic esters (lactones) is 1. The Labute approximate surface area is 321 Å². The SMILES string of the molecule is CCCCCCCC(=O)O[C@H]1/C(=C/C(=O)OC)CC2C[C@H]([C@@H](CC)OC)OC(=O)C[C@H](O)C[C@@H]3CCC[C@H](C[C@H]4CCO[C@H](/C=C/C(C)(C)[C@]1(O)O2)O4)O3. The third-order valence-electron chi connectivity index (χ3n) is 11.2. The molecule has 0 amide bonds. The van der Waals surface area contributed by atoms with E-state index in [1.54, 1.807) is 26.0 Å². The zero-order chi connectivity index (χ0) is 39.3. The van der Waals surface area contributed by atoms with Crippen LogP contribution in [0.1, 0.15) is 130 Å². The average Bonchev–Trinajstić information content (AvgIpc) is 3.12. The largest absolute Gasteiger partial charge is 0.466 e. The van der Waals surface area contributed by atoms with E-state index in [0.717, 1.165) is 44.9 Å². The summed E-state index contributed by atoms with van der Waals surface area (Å²) in [4.78, 5) is 39.6. The molecule has 10 atom stereocenters. The highest BCUT2D eigenvalue weighted by Crippen LogP contribution is 2.47. The number of esters is 3. The molecule has 0 radical (unpaired) electrons. The molecule has 3 fully saturated rings. The number of ether oxygens (including phenoxy) is 8. The van der Waals surface area contributed by atoms with Gasteiger partial charge in [-0.1, -0.05) is 59.5 Å². The summed E-state index contributed by atoms with van der Waals surface area (Å²) in [6.45, 7) is 7.98. The topological polar surface area (TPSA) is 166 Å². The Morgan fingerprint density at radius 2 is 1.69 bits per heavy atom. The van der Waals surface area contributed by atoms with Crippen LogP contribution in [0.4, 0.5) is 0 Å². The summed E-state index contributed by atoms with van der Waals surface area (Å²) in [5, 5.41) is 23.8. The van der Waals surface area contributed by atoms with Gasteiger partial charge in [0, 0.05) is 37.9 Å². The molecule has 4 aliphatic heterocycles. The third kappa shape index (κ3) is 12.6. The molecule has 0 spiro atoms. The van der Waals surface area contributed by atoms with Gasteiger partial charge < -0.3 is 48.1 Å². The maximum absolute atomic E-state index is 13.4. The molecule has 54 heavy (non-hydrogen) atoms. The van der Waals surface area contributed by atoms with E-state index < -0.39 is 65.9 Å². The predicted octanol–water partition coefficient (Wildman–Crippen LogP) is 5.76. The molecule has 2 N–H and O–H groups in total. The van der Waals surface area contributed by atoms with Crippen LogP contribution in [0.25, 0.3) is 0 Å². The first-order valence-corrected chi connectivity index (χ1v) is 20.2. The van der Waals surface area contributed by atoms with Gasteiger partial charge in [-0.15, -0.1) is 0 Å². The van der Waals surface area contributed by atoms with E-state index in [4.69, 9.17) is 37.9 Å². The molecular formula is C41H66O13. The summed E-state index contributed by atoms with van der Waals surface area (Å²) in [6.07, 6.45) is 8.37. The van der Waals surface area contributed by atoms with Crippen molar-refractivity contribution >= 4 is 17.9 Å². The number of aliphatic hydroxyl groups is 2. The number of methoxy groups -OCH3 is 2. The minimum atomic E-state index is -2.22. The molecule has 4 rings (SSSR count). The minimum absolute atomic E-state index is 0.0547. The van der Waals surface area contributed by atoms with Crippen molar-refractivity contribution in [3.05, 3.63) is 23.8 Å². The van der Waals surface area contributed by atoms with Gasteiger partial charge in [0.25, 0.3) is 0 Å². The van der Waals surface area contributed by atoms with E-state index in [9.17, 15) is 24.6 Å². The van der Waals surface area contributed by atoms with E-state index >= 15 is 0 Å². The zero-order valence-electron chi connectivity index (χ0n) is 33.3. The first-order valence-electron chi connectivity index (χ1n) is 20.2. The van der Waals surface area contributed by atoms with Crippen molar-refractivity contribution in [3.63, 3.8) is 0 Å². The molecule has 0 saturated carbocycles. The molecule has 308 valence electrons. The lowest BCUT2D eigenvalue weighted by Crippen LogP contribution is -2.62. The van der Waals surface area contributed by atoms with E-state index in [-0.39, 0.29) is 44.0 Å². The number of carbonyl (C=O) groups is 3. The first kappa shape index (κ1) is 44.3. The van der Waals surface area contributed by atoms with Gasteiger partial charge in [-0.2, -0.15) is 0 Å². The molecule has 0 aromatic heterocycles. The van der Waals surface area contributed by atoms with Crippen LogP contribution in [-0.2, 0) is 52.3 Å². The smallest absolute Gasteiger partial charge is 0.330 e. The number of fused-ring (bicyclic) bond motifs is 6. The molecular weight excluding hydrogens is 700 g/mol. The summed E-state index contributed by atoms with van der Waals surface area (Å²) < 4.78 is 48.1. The molecule has 6 bridgehead atoms. The van der Waals surface area contributed by atoms with Crippen molar-refractivity contribution in [3.8, 4) is 0 Å². The van der Waals surface area contributed by atoms with Crippen LogP contribution in [0.5, 0.6) is 0 Å². The summed E-state index contributed by atoms with van der Waals surface area (Å²) in [7, 11) is 2.77. The number of rotatable bonds is 11. The molecule has 4 aliphatic rings. The Morgan fingerprint density at radius 3 is 2.39 bits per heavy atom. The number of hydrogen-bond acceptors (Lipinski definition) is 13. The van der Waals surface area contributed by atoms with Crippen LogP contribution in [0, 0.1) is 5.41 Å². The maximum Gasteiger partial charge on any atom is 0.330 e. The van der Waals surface area contributed by atoms with Gasteiger partial charge >= 0.3 is 17.9 Å². The van der Waals surface area contributed by atoms with E-state index in [1.807, 2.05) is 6.92 Å². The van der Waals surface area contributed by atoms with Crippen LogP contribution in [0.3, 0.4) is 0 Å². The number of hydrogen-bond donors (Lipinski definition) is 2. The minimum Gasteiger partial charge on any atom is -0.466 e. The van der Waals surface area contributed by atoms with Gasteiger partial charge in [-0.25, -0.2) is 4.79 Å². The fourth-order valence-corrected chi connectivity index (χ4v) is 8.02. The van der Waals surface area contributed by atoms with E-state index in [0.29, 0.717) is 44.3 Å². The lowest BCUT2D eigenvalue weighted by Gasteiger charge is -2.51. The second-order valence-electron chi connectivity index (χ2n) is 15.9. The van der Waals surface area contributed by atoms with Crippen molar-refractivity contribution in [2.45, 2.75) is 191 Å². The van der Waals surface area contributed by atoms with Gasteiger partial charge in [-0.05, 0) is 63.0 Å². The Morgan fingerprint density at radius 1 is 0.963 bits per heavy atom. The van der Waals surface area contributed by atoms with Crippen molar-refractivity contribution in [1.82, 2.24) is 0 Å². The molecule has 0 aromatic carbocycles. The van der Waals surface area contributed by atoms with Crippen LogP contribution in [-0.4, -0.2) is 110 Å². The highest BCUT2D eigenvalue weighted by atomic mass is 16.7. The first-order chi connectivity index (χ1) is 25.8. The van der Waals surface area contributed by atoms with Crippen molar-refractivity contribution in [1.29, 1.82) is 0 Å². The lowest BCUT2D eigenvalue weighted by atomic mass is 9.74. The van der Waals surface area contributed by atoms with Crippen LogP contribution < -0.4 is 0 Å². The van der Waals surface area contributed by atoms with Crippen molar-refractivity contribution in [2.24, 2.45) is 5.41 Å². The third-order valence-corrected chi connectivity index (χ3v) is 11.2. The maximum atomic E-state index is 13.4. The van der Waals surface area contributed by atoms with Crippen LogP contribution >= 0.6 is 0 Å². The standard InChI is InChI=1S/C41H66O13/c1-7-9-10-11-12-16-35(43)53-39-27(22-36(44)48-6)21-32-26-34(33(8-2)47-5)52-37(45)24-28(42)23-29-14-13-15-30(50-29)25-31-18-20-49-38(51-31)17-19-40(3,4)41(39,46)54-32/h17,19,22,28-34,38-39,42,46H,7-16,18,20-21,23-26H2,1-6H3/b19-17+,27-22+/t28-,29+,30-,31-,32?,33-,34-,38+,39+,41-/m1/s1. The molecule has 13 nitrogen and oxygen atoms in total. The molecule has 13 heteroatoms. The second-order valence-corrected chi connectivity index (χ2v) is 15.9. The summed E-state index contributed by atoms with van der Waals surface area (Å²) >= 11 is 0. The van der Waals surface area contributed by atoms with Gasteiger partial charge in [0.15, 0.2) is 12.4 Å². The number of aliphatic hydroxyl groups excluding tert-OH is 1. The summed E-state index contributed by atoms with van der Waals surface area (Å²) in [5.74, 6) is -4.04. The number of carbonyl (C=O) groups excluding carboxylic acids is 3. The Kier molecular flexibility index (Phi) is 17.4. The lowest BCUT2D eigenvalue weighted by molar-refractivity contribution is -0.328. The normalized spacial score (nSPS) is 35.6. The molecule has 4 heterocycles. The van der Waals surface area contributed by atoms with E-state index in [2.05, 4.69) is 6.92 Å². The van der Waals surface area contributed by atoms with E-state index in [1.165, 1.54) is 20.3 Å². The second kappa shape index (κ2) is 21.2. The van der Waals surface area contributed by atoms with Crippen molar-refractivity contribution < 1.29 is 62.5 Å². The predicted molar refractivity (Wildman–Crippen MR) is 198 cm³/mol. The fourth-order valence-electron chi connectivity index (χ4n) is 8.02. The van der Waals surface area contributed by atoms with Gasteiger partial charge in [0.1, 0.15) is 6.10 Å². The summed E-state index contributed by atoms with van der Waals surface area (Å²) in [5.41, 5.74) is -0.972. The molecule has 1 unspecified atom stereocenters. The van der Waals surface area contributed by atoms with Crippen LogP contribution in [0.15, 0.2) is 23.8 Å². The Balaban J connectivity index is 1.73. The Bertz CT molecular complexity index is 1260. The summed E-state index contributed by atoms with van der Waals surface area (Å²) in [6, 6.07) is 0. The van der Waals surface area contributed by atoms with Gasteiger partial charge in [-0.3, -0.25) is 9.59 Å².